The van der Waals surface area contributed by atoms with Gasteiger partial charge < -0.3 is 15.5 Å². The van der Waals surface area contributed by atoms with Crippen LogP contribution in [-0.4, -0.2) is 60.6 Å². The first-order chi connectivity index (χ1) is 17.6. The van der Waals surface area contributed by atoms with Crippen LogP contribution in [0, 0.1) is 5.82 Å². The zero-order valence-corrected chi connectivity index (χ0v) is 20.9. The average Bonchev–Trinajstić information content (AvgIpc) is 3.19. The Morgan fingerprint density at radius 3 is 2.76 bits per heavy atom. The van der Waals surface area contributed by atoms with Crippen molar-refractivity contribution in [2.75, 3.05) is 5.32 Å². The third-order valence-corrected chi connectivity index (χ3v) is 9.26. The first-order valence-corrected chi connectivity index (χ1v) is 13.5. The van der Waals surface area contributed by atoms with Gasteiger partial charge in [-0.3, -0.25) is 0 Å². The second kappa shape index (κ2) is 9.58. The Balaban J connectivity index is 1.58. The Bertz CT molecular complexity index is 1510. The predicted octanol–water partition coefficient (Wildman–Crippen LogP) is 3.46. The van der Waals surface area contributed by atoms with Gasteiger partial charge >= 0.3 is 0 Å². The standard InChI is InChI=1S/C25H27F2N5O4S/c1-25(10-4-6-15(26)12-25)37(35,36)32-14-17(16-7-5-11-28-24(16)32)22-29-13-18(27)23(31-22)30-19-8-2-3-9-20(33)21(19)34/h4-7,11-14,19-21,33-34H,2-3,8-10H2,1H3,(H,29,30,31)/t19-,20+,21+,25?/m0/s1. The van der Waals surface area contributed by atoms with E-state index in [1.165, 1.54) is 31.5 Å². The normalized spacial score (nSPS) is 26.6. The van der Waals surface area contributed by atoms with Crippen LogP contribution in [0.15, 0.2) is 54.8 Å². The van der Waals surface area contributed by atoms with E-state index in [9.17, 15) is 27.4 Å². The number of pyridine rings is 1. The summed E-state index contributed by atoms with van der Waals surface area (Å²) in [5, 5.41) is 23.9. The van der Waals surface area contributed by atoms with E-state index < -0.39 is 44.7 Å². The van der Waals surface area contributed by atoms with E-state index in [1.807, 2.05) is 0 Å². The molecule has 3 aromatic rings. The molecule has 37 heavy (non-hydrogen) atoms. The fourth-order valence-electron chi connectivity index (χ4n) is 4.86. The van der Waals surface area contributed by atoms with Crippen molar-refractivity contribution >= 4 is 26.9 Å². The third kappa shape index (κ3) is 4.53. The molecule has 2 aliphatic carbocycles. The fraction of sp³-hybridized carbons (Fsp3) is 0.400. The van der Waals surface area contributed by atoms with Gasteiger partial charge in [-0.15, -0.1) is 0 Å². The lowest BCUT2D eigenvalue weighted by molar-refractivity contribution is 0.00940. The highest BCUT2D eigenvalue weighted by Gasteiger charge is 2.41. The van der Waals surface area contributed by atoms with Crippen LogP contribution in [0.25, 0.3) is 22.4 Å². The lowest BCUT2D eigenvalue weighted by Gasteiger charge is -2.27. The van der Waals surface area contributed by atoms with Crippen molar-refractivity contribution in [2.24, 2.45) is 0 Å². The quantitative estimate of drug-likeness (QED) is 0.427. The van der Waals surface area contributed by atoms with Gasteiger partial charge in [-0.05, 0) is 50.5 Å². The van der Waals surface area contributed by atoms with E-state index in [2.05, 4.69) is 20.3 Å². The Labute approximate surface area is 212 Å². The Kier molecular flexibility index (Phi) is 6.59. The van der Waals surface area contributed by atoms with Crippen molar-refractivity contribution in [3.05, 3.63) is 60.6 Å². The Morgan fingerprint density at radius 1 is 1.19 bits per heavy atom. The zero-order chi connectivity index (χ0) is 26.4. The molecule has 1 saturated carbocycles. The van der Waals surface area contributed by atoms with E-state index >= 15 is 0 Å². The first kappa shape index (κ1) is 25.4. The number of allylic oxidation sites excluding steroid dienone is 3. The summed E-state index contributed by atoms with van der Waals surface area (Å²) in [6.45, 7) is 1.43. The molecule has 0 aromatic carbocycles. The SMILES string of the molecule is CC1(S(=O)(=O)n2cc(-c3ncc(F)c(N[C@H]4CCCC[C@@H](O)[C@@H]4O)n3)c3cccnc32)C=C(F)C=CC1. The minimum absolute atomic E-state index is 0.0370. The molecular formula is C25H27F2N5O4S. The highest BCUT2D eigenvalue weighted by atomic mass is 32.2. The molecule has 2 aliphatic rings. The van der Waals surface area contributed by atoms with Gasteiger partial charge in [-0.1, -0.05) is 18.9 Å². The summed E-state index contributed by atoms with van der Waals surface area (Å²) in [6, 6.07) is 2.65. The molecule has 0 radical (unpaired) electrons. The van der Waals surface area contributed by atoms with Crippen LogP contribution < -0.4 is 5.32 Å². The lowest BCUT2D eigenvalue weighted by atomic mass is 10.0. The number of halogens is 2. The summed E-state index contributed by atoms with van der Waals surface area (Å²) < 4.78 is 55.6. The van der Waals surface area contributed by atoms with Crippen molar-refractivity contribution < 1.29 is 27.4 Å². The number of aliphatic hydroxyl groups excluding tert-OH is 2. The molecule has 0 spiro atoms. The van der Waals surface area contributed by atoms with Gasteiger partial charge in [0.1, 0.15) is 10.6 Å². The fourth-order valence-corrected chi connectivity index (χ4v) is 6.49. The molecule has 5 rings (SSSR count). The number of nitrogens with zero attached hydrogens (tertiary/aromatic N) is 4. The van der Waals surface area contributed by atoms with Gasteiger partial charge in [0.15, 0.2) is 23.1 Å². The molecule has 9 nitrogen and oxygen atoms in total. The molecule has 3 heterocycles. The maximum absolute atomic E-state index is 14.7. The second-order valence-electron chi connectivity index (χ2n) is 9.65. The molecule has 1 unspecified atom stereocenters. The molecule has 3 aromatic heterocycles. The average molecular weight is 532 g/mol. The number of hydrogen-bond donors (Lipinski definition) is 3. The van der Waals surface area contributed by atoms with Crippen LogP contribution >= 0.6 is 0 Å². The van der Waals surface area contributed by atoms with Crippen molar-refractivity contribution in [2.45, 2.75) is 62.0 Å². The lowest BCUT2D eigenvalue weighted by Crippen LogP contribution is -2.41. The summed E-state index contributed by atoms with van der Waals surface area (Å²) in [6.07, 6.45) is 7.94. The highest BCUT2D eigenvalue weighted by molar-refractivity contribution is 7.91. The van der Waals surface area contributed by atoms with E-state index in [-0.39, 0.29) is 29.3 Å². The van der Waals surface area contributed by atoms with Gasteiger partial charge in [-0.2, -0.15) is 0 Å². The number of rotatable bonds is 5. The van der Waals surface area contributed by atoms with Crippen LogP contribution in [0.3, 0.4) is 0 Å². The number of hydrogen-bond acceptors (Lipinski definition) is 8. The largest absolute Gasteiger partial charge is 0.390 e. The molecule has 4 atom stereocenters. The highest BCUT2D eigenvalue weighted by Crippen LogP contribution is 2.36. The van der Waals surface area contributed by atoms with Crippen LogP contribution in [0.4, 0.5) is 14.6 Å². The molecule has 0 amide bonds. The smallest absolute Gasteiger partial charge is 0.249 e. The zero-order valence-electron chi connectivity index (χ0n) is 20.1. The van der Waals surface area contributed by atoms with E-state index in [4.69, 9.17) is 0 Å². The Hall–Kier alpha value is -3.22. The van der Waals surface area contributed by atoms with Crippen molar-refractivity contribution in [3.63, 3.8) is 0 Å². The number of aromatic nitrogens is 4. The molecule has 0 bridgehead atoms. The second-order valence-corrected chi connectivity index (χ2v) is 11.9. The molecular weight excluding hydrogens is 504 g/mol. The van der Waals surface area contributed by atoms with Crippen molar-refractivity contribution in [1.29, 1.82) is 0 Å². The summed E-state index contributed by atoms with van der Waals surface area (Å²) in [7, 11) is -4.19. The minimum atomic E-state index is -4.19. The number of anilines is 1. The van der Waals surface area contributed by atoms with Gasteiger partial charge in [0.25, 0.3) is 0 Å². The summed E-state index contributed by atoms with van der Waals surface area (Å²) in [5.74, 6) is -1.54. The molecule has 196 valence electrons. The third-order valence-electron chi connectivity index (χ3n) is 7.00. The summed E-state index contributed by atoms with van der Waals surface area (Å²) in [5.41, 5.74) is 0.391. The molecule has 0 saturated heterocycles. The van der Waals surface area contributed by atoms with E-state index in [0.717, 1.165) is 29.1 Å². The van der Waals surface area contributed by atoms with Gasteiger partial charge in [0.2, 0.25) is 10.0 Å². The van der Waals surface area contributed by atoms with Crippen LogP contribution in [-0.2, 0) is 10.0 Å². The number of aliphatic hydroxyl groups is 2. The number of nitrogens with one attached hydrogen (secondary N) is 1. The number of fused-ring (bicyclic) bond motifs is 1. The first-order valence-electron chi connectivity index (χ1n) is 12.0. The van der Waals surface area contributed by atoms with Gasteiger partial charge in [0, 0.05) is 23.3 Å². The molecule has 3 N–H and O–H groups in total. The maximum atomic E-state index is 14.7. The molecule has 12 heteroatoms. The predicted molar refractivity (Wildman–Crippen MR) is 134 cm³/mol. The maximum Gasteiger partial charge on any atom is 0.249 e. The van der Waals surface area contributed by atoms with Crippen LogP contribution in [0.5, 0.6) is 0 Å². The minimum Gasteiger partial charge on any atom is -0.390 e. The van der Waals surface area contributed by atoms with Crippen molar-refractivity contribution in [3.8, 4) is 11.4 Å². The topological polar surface area (TPSA) is 130 Å². The van der Waals surface area contributed by atoms with E-state index in [1.54, 1.807) is 12.1 Å². The molecule has 1 fully saturated rings. The van der Waals surface area contributed by atoms with Crippen LogP contribution in [0.2, 0.25) is 0 Å². The molecule has 0 aliphatic heterocycles. The van der Waals surface area contributed by atoms with Gasteiger partial charge in [0.05, 0.1) is 24.4 Å². The monoisotopic (exact) mass is 531 g/mol. The summed E-state index contributed by atoms with van der Waals surface area (Å²) >= 11 is 0. The van der Waals surface area contributed by atoms with E-state index in [0.29, 0.717) is 18.2 Å². The van der Waals surface area contributed by atoms with Crippen molar-refractivity contribution in [1.82, 2.24) is 18.9 Å². The summed E-state index contributed by atoms with van der Waals surface area (Å²) in [4.78, 5) is 12.6. The Morgan fingerprint density at radius 2 is 1.97 bits per heavy atom. The van der Waals surface area contributed by atoms with Crippen LogP contribution in [0.1, 0.15) is 39.0 Å². The van der Waals surface area contributed by atoms with Gasteiger partial charge in [-0.25, -0.2) is 36.1 Å².